The average molecular weight is 256 g/mol. The van der Waals surface area contributed by atoms with Gasteiger partial charge in [-0.3, -0.25) is 4.99 Å². The average Bonchev–Trinajstić information content (AvgIpc) is 2.29. The highest BCUT2D eigenvalue weighted by Crippen LogP contribution is 2.26. The third-order valence-electron chi connectivity index (χ3n) is 3.69. The van der Waals surface area contributed by atoms with Crippen LogP contribution in [0.2, 0.25) is 0 Å². The molecule has 5 heteroatoms. The van der Waals surface area contributed by atoms with Crippen LogP contribution in [0.15, 0.2) is 4.99 Å². The molecule has 1 aliphatic rings. The topological polar surface area (TPSA) is 31.3 Å². The Balaban J connectivity index is 2.80. The Hall–Kier alpha value is -0.810. The summed E-state index contributed by atoms with van der Waals surface area (Å²) in [7, 11) is 12.4. The first-order valence-electron chi connectivity index (χ1n) is 6.53. The van der Waals surface area contributed by atoms with Gasteiger partial charge in [-0.15, -0.1) is 0 Å². The van der Waals surface area contributed by atoms with Crippen molar-refractivity contribution in [3.8, 4) is 0 Å². The van der Waals surface area contributed by atoms with Crippen LogP contribution in [0, 0.1) is 0 Å². The van der Waals surface area contributed by atoms with E-state index in [0.29, 0.717) is 0 Å². The molecule has 106 valence electrons. The van der Waals surface area contributed by atoms with Gasteiger partial charge in [-0.25, -0.2) is 0 Å². The van der Waals surface area contributed by atoms with Crippen LogP contribution in [0.25, 0.3) is 0 Å². The standard InChI is InChI=1S/C13H28N4O/c1-15(2)12(16(3)4)14-11-13(17(5)6)7-9-18-10-8-13/h7-11H2,1-6H3. The summed E-state index contributed by atoms with van der Waals surface area (Å²) >= 11 is 0. The molecule has 1 fully saturated rings. The molecule has 0 unspecified atom stereocenters. The molecule has 0 aromatic heterocycles. The van der Waals surface area contributed by atoms with E-state index < -0.39 is 0 Å². The predicted octanol–water partition coefficient (Wildman–Crippen LogP) is 0.576. The Morgan fingerprint density at radius 1 is 1.00 bits per heavy atom. The van der Waals surface area contributed by atoms with Crippen molar-refractivity contribution in [2.75, 3.05) is 62.0 Å². The van der Waals surface area contributed by atoms with Crippen molar-refractivity contribution >= 4 is 5.96 Å². The number of ether oxygens (including phenoxy) is 1. The Labute approximate surface area is 111 Å². The van der Waals surface area contributed by atoms with Crippen molar-refractivity contribution in [2.24, 2.45) is 4.99 Å². The van der Waals surface area contributed by atoms with Crippen molar-refractivity contribution in [3.63, 3.8) is 0 Å². The van der Waals surface area contributed by atoms with Gasteiger partial charge in [0.05, 0.1) is 6.54 Å². The number of aliphatic imine (C=N–C) groups is 1. The third-order valence-corrected chi connectivity index (χ3v) is 3.69. The largest absolute Gasteiger partial charge is 0.381 e. The number of hydrogen-bond acceptors (Lipinski definition) is 3. The fourth-order valence-electron chi connectivity index (χ4n) is 2.40. The summed E-state index contributed by atoms with van der Waals surface area (Å²) in [5.74, 6) is 1.02. The summed E-state index contributed by atoms with van der Waals surface area (Å²) in [4.78, 5) is 11.2. The van der Waals surface area contributed by atoms with Gasteiger partial charge >= 0.3 is 0 Å². The summed E-state index contributed by atoms with van der Waals surface area (Å²) in [6.07, 6.45) is 2.11. The molecule has 0 aromatic rings. The highest BCUT2D eigenvalue weighted by Gasteiger charge is 2.34. The molecule has 0 aromatic carbocycles. The van der Waals surface area contributed by atoms with Gasteiger partial charge in [0.2, 0.25) is 0 Å². The summed E-state index contributed by atoms with van der Waals surface area (Å²) in [5.41, 5.74) is 0.148. The summed E-state index contributed by atoms with van der Waals surface area (Å²) in [5, 5.41) is 0. The maximum atomic E-state index is 5.48. The number of rotatable bonds is 3. The lowest BCUT2D eigenvalue weighted by Crippen LogP contribution is -2.51. The van der Waals surface area contributed by atoms with Crippen LogP contribution in [0.4, 0.5) is 0 Å². The normalized spacial score (nSPS) is 18.6. The van der Waals surface area contributed by atoms with Crippen LogP contribution in [0.5, 0.6) is 0 Å². The SMILES string of the molecule is CN(C)C(=NCC1(N(C)C)CCOCC1)N(C)C. The van der Waals surface area contributed by atoms with Crippen LogP contribution in [0.3, 0.4) is 0 Å². The van der Waals surface area contributed by atoms with Crippen LogP contribution in [-0.2, 0) is 4.74 Å². The van der Waals surface area contributed by atoms with E-state index in [2.05, 4.69) is 28.8 Å². The molecule has 0 atom stereocenters. The Morgan fingerprint density at radius 2 is 1.50 bits per heavy atom. The second-order valence-corrected chi connectivity index (χ2v) is 5.64. The zero-order valence-electron chi connectivity index (χ0n) is 12.7. The fraction of sp³-hybridized carbons (Fsp3) is 0.923. The van der Waals surface area contributed by atoms with E-state index in [9.17, 15) is 0 Å². The van der Waals surface area contributed by atoms with Gasteiger partial charge in [-0.05, 0) is 26.9 Å². The minimum absolute atomic E-state index is 0.148. The molecule has 1 rings (SSSR count). The van der Waals surface area contributed by atoms with Gasteiger partial charge in [0.15, 0.2) is 5.96 Å². The lowest BCUT2D eigenvalue weighted by atomic mass is 9.89. The number of hydrogen-bond donors (Lipinski definition) is 0. The van der Waals surface area contributed by atoms with E-state index in [1.165, 1.54) is 0 Å². The van der Waals surface area contributed by atoms with E-state index >= 15 is 0 Å². The van der Waals surface area contributed by atoms with Crippen molar-refractivity contribution in [3.05, 3.63) is 0 Å². The minimum atomic E-state index is 0.148. The van der Waals surface area contributed by atoms with Crippen molar-refractivity contribution in [2.45, 2.75) is 18.4 Å². The van der Waals surface area contributed by atoms with Crippen LogP contribution in [0.1, 0.15) is 12.8 Å². The third kappa shape index (κ3) is 3.59. The van der Waals surface area contributed by atoms with Crippen LogP contribution < -0.4 is 0 Å². The van der Waals surface area contributed by atoms with Gasteiger partial charge in [-0.1, -0.05) is 0 Å². The highest BCUT2D eigenvalue weighted by atomic mass is 16.5. The zero-order valence-corrected chi connectivity index (χ0v) is 12.7. The Kier molecular flexibility index (Phi) is 5.41. The molecule has 1 saturated heterocycles. The second-order valence-electron chi connectivity index (χ2n) is 5.64. The fourth-order valence-corrected chi connectivity index (χ4v) is 2.40. The van der Waals surface area contributed by atoms with Gasteiger partial charge in [-0.2, -0.15) is 0 Å². The summed E-state index contributed by atoms with van der Waals surface area (Å²) in [6.45, 7) is 2.51. The van der Waals surface area contributed by atoms with Gasteiger partial charge in [0, 0.05) is 46.9 Å². The minimum Gasteiger partial charge on any atom is -0.381 e. The maximum Gasteiger partial charge on any atom is 0.195 e. The Bertz CT molecular complexity index is 271. The quantitative estimate of drug-likeness (QED) is 0.546. The lowest BCUT2D eigenvalue weighted by molar-refractivity contribution is -0.00268. The van der Waals surface area contributed by atoms with Gasteiger partial charge in [0.1, 0.15) is 0 Å². The van der Waals surface area contributed by atoms with E-state index in [0.717, 1.165) is 38.6 Å². The summed E-state index contributed by atoms with van der Waals surface area (Å²) in [6, 6.07) is 0. The van der Waals surface area contributed by atoms with E-state index in [1.54, 1.807) is 0 Å². The molecule has 1 aliphatic heterocycles. The first-order chi connectivity index (χ1) is 8.39. The molecule has 18 heavy (non-hydrogen) atoms. The lowest BCUT2D eigenvalue weighted by Gasteiger charge is -2.42. The molecule has 1 heterocycles. The molecule has 0 bridgehead atoms. The molecule has 0 amide bonds. The van der Waals surface area contributed by atoms with Crippen molar-refractivity contribution in [1.29, 1.82) is 0 Å². The smallest absolute Gasteiger partial charge is 0.195 e. The Morgan fingerprint density at radius 3 is 1.89 bits per heavy atom. The molecular weight excluding hydrogens is 228 g/mol. The van der Waals surface area contributed by atoms with Crippen LogP contribution in [-0.4, -0.2) is 88.2 Å². The molecule has 0 aliphatic carbocycles. The molecule has 0 radical (unpaired) electrons. The highest BCUT2D eigenvalue weighted by molar-refractivity contribution is 5.79. The first-order valence-corrected chi connectivity index (χ1v) is 6.53. The van der Waals surface area contributed by atoms with Gasteiger partial charge in [0.25, 0.3) is 0 Å². The number of guanidine groups is 1. The monoisotopic (exact) mass is 256 g/mol. The summed E-state index contributed by atoms with van der Waals surface area (Å²) < 4.78 is 5.48. The molecular formula is C13H28N4O. The number of nitrogens with zero attached hydrogens (tertiary/aromatic N) is 4. The molecule has 0 spiro atoms. The van der Waals surface area contributed by atoms with Gasteiger partial charge < -0.3 is 19.4 Å². The molecule has 0 saturated carbocycles. The van der Waals surface area contributed by atoms with Crippen molar-refractivity contribution < 1.29 is 4.74 Å². The number of likely N-dealkylation sites (N-methyl/N-ethyl adjacent to an activating group) is 1. The second kappa shape index (κ2) is 6.38. The van der Waals surface area contributed by atoms with E-state index in [4.69, 9.17) is 9.73 Å². The maximum absolute atomic E-state index is 5.48. The van der Waals surface area contributed by atoms with Crippen LogP contribution >= 0.6 is 0 Å². The van der Waals surface area contributed by atoms with E-state index in [1.807, 2.05) is 28.2 Å². The van der Waals surface area contributed by atoms with Crippen molar-refractivity contribution in [1.82, 2.24) is 14.7 Å². The van der Waals surface area contributed by atoms with E-state index in [-0.39, 0.29) is 5.54 Å². The molecule has 5 nitrogen and oxygen atoms in total. The molecule has 0 N–H and O–H groups in total. The first kappa shape index (κ1) is 15.2. The predicted molar refractivity (Wildman–Crippen MR) is 76.1 cm³/mol. The zero-order chi connectivity index (χ0) is 13.8.